The van der Waals surface area contributed by atoms with Crippen LogP contribution in [0.2, 0.25) is 0 Å². The third-order valence-corrected chi connectivity index (χ3v) is 0. The zero-order valence-electron chi connectivity index (χ0n) is 26.6. The summed E-state index contributed by atoms with van der Waals surface area (Å²) >= 11 is 0. The lowest BCUT2D eigenvalue weighted by Gasteiger charge is -1.69. The summed E-state index contributed by atoms with van der Waals surface area (Å²) in [5.74, 6) is 0. The number of nitrogens with two attached hydrogens (primary N) is 12. The van der Waals surface area contributed by atoms with Crippen molar-refractivity contribution in [1.82, 2.24) is 0 Å². The first-order valence-corrected chi connectivity index (χ1v) is 10.0. The van der Waals surface area contributed by atoms with Crippen LogP contribution in [0.1, 0.15) is 0 Å². The summed E-state index contributed by atoms with van der Waals surface area (Å²) in [6, 6.07) is 0. The van der Waals surface area contributed by atoms with Crippen molar-refractivity contribution in [2.75, 3.05) is 84.6 Å². The van der Waals surface area contributed by atoms with Gasteiger partial charge in [-0.15, -0.1) is 0 Å². The van der Waals surface area contributed by atoms with E-state index in [-0.39, 0.29) is 0 Å². The van der Waals surface area contributed by atoms with Crippen molar-refractivity contribution < 1.29 is 60.3 Å². The van der Waals surface area contributed by atoms with E-state index in [1.807, 2.05) is 0 Å². The maximum Gasteiger partial charge on any atom is 0.631 e. The summed E-state index contributed by atoms with van der Waals surface area (Å²) in [6.07, 6.45) is 0. The molecule has 0 aromatic heterocycles. The largest absolute Gasteiger partial charge is 0.631 e. The Morgan fingerprint density at radius 1 is 0.175 bits per heavy atom. The molecule has 0 aliphatic carbocycles. The topological polar surface area (TPSA) is 555 Å². The van der Waals surface area contributed by atoms with Crippen molar-refractivity contribution in [2.45, 2.75) is 0 Å². The van der Waals surface area contributed by atoms with Crippen LogP contribution >= 0.6 is 0 Å². The van der Waals surface area contributed by atoms with Crippen LogP contribution in [0.25, 0.3) is 0 Å². The average Bonchev–Trinajstić information content (AvgIpc) is 3.00. The van der Waals surface area contributed by atoms with Gasteiger partial charge in [0.25, 0.3) is 0 Å². The van der Waals surface area contributed by atoms with Gasteiger partial charge in [-0.2, -0.15) is 0 Å². The van der Waals surface area contributed by atoms with Crippen LogP contribution in [0.15, 0.2) is 0 Å². The molecule has 36 N–H and O–H groups in total. The quantitative estimate of drug-likeness (QED) is 0.112. The van der Waals surface area contributed by atoms with Gasteiger partial charge in [-0.1, -0.05) is 0 Å². The highest BCUT2D eigenvalue weighted by atomic mass is 16.5. The molecular formula is C12H72B4N12O12. The highest BCUT2D eigenvalue weighted by Gasteiger charge is 1.93. The Kier molecular flexibility index (Phi) is 1110. The molecule has 0 bridgehead atoms. The fourth-order valence-electron chi connectivity index (χ4n) is 0. The first kappa shape index (κ1) is 106. The molecule has 0 unspecified atom stereocenters. The normalized spacial score (nSPS) is 4.50. The van der Waals surface area contributed by atoms with E-state index in [9.17, 15) is 0 Å². The number of rotatable bonds is 0. The van der Waals surface area contributed by atoms with E-state index in [1.165, 1.54) is 84.6 Å². The minimum Gasteiger partial charge on any atom is -0.402 e. The summed E-state index contributed by atoms with van der Waals surface area (Å²) in [4.78, 5) is 0. The van der Waals surface area contributed by atoms with Crippen LogP contribution < -0.4 is 68.8 Å². The Bertz CT molecular complexity index is 119. The van der Waals surface area contributed by atoms with Gasteiger partial charge in [0.05, 0.1) is 0 Å². The molecule has 0 spiro atoms. The number of hydrogen-bond donors (Lipinski definition) is 24. The fourth-order valence-corrected chi connectivity index (χ4v) is 0. The Labute approximate surface area is 243 Å². The molecule has 0 rings (SSSR count). The SMILES string of the molecule is CN.CN.CN.CN.CN.CN.CN.CN.CN.CN.CN.CN.OB(O)O.OB(O)O.OB(O)O.OB(O)O. The molecule has 24 nitrogen and oxygen atoms in total. The zero-order valence-corrected chi connectivity index (χ0v) is 26.6. The van der Waals surface area contributed by atoms with E-state index < -0.39 is 29.3 Å². The van der Waals surface area contributed by atoms with Gasteiger partial charge in [-0.05, 0) is 84.6 Å². The standard InChI is InChI=1S/12CH5N.4BH3O3/c12*1-2;4*2-1(3)4/h12*2H2,1H3;4*2-4H. The minimum atomic E-state index is -2.17. The molecule has 0 aromatic carbocycles. The highest BCUT2D eigenvalue weighted by Crippen LogP contribution is 1.41. The van der Waals surface area contributed by atoms with Crippen LogP contribution in [0.4, 0.5) is 0 Å². The van der Waals surface area contributed by atoms with E-state index in [4.69, 9.17) is 60.3 Å². The molecule has 0 atom stereocenters. The van der Waals surface area contributed by atoms with Crippen molar-refractivity contribution in [3.63, 3.8) is 0 Å². The van der Waals surface area contributed by atoms with E-state index >= 15 is 0 Å². The van der Waals surface area contributed by atoms with Crippen molar-refractivity contribution in [2.24, 2.45) is 68.8 Å². The van der Waals surface area contributed by atoms with Gasteiger partial charge >= 0.3 is 29.3 Å². The lowest BCUT2D eigenvalue weighted by atomic mass is 10.3. The van der Waals surface area contributed by atoms with Crippen LogP contribution in [-0.4, -0.2) is 174 Å². The molecule has 0 saturated heterocycles. The molecule has 0 heterocycles. The van der Waals surface area contributed by atoms with Gasteiger partial charge in [0, 0.05) is 0 Å². The van der Waals surface area contributed by atoms with E-state index in [2.05, 4.69) is 68.8 Å². The van der Waals surface area contributed by atoms with Crippen molar-refractivity contribution in [1.29, 1.82) is 0 Å². The van der Waals surface area contributed by atoms with Crippen LogP contribution in [0, 0.1) is 0 Å². The van der Waals surface area contributed by atoms with Gasteiger partial charge in [-0.3, -0.25) is 0 Å². The monoisotopic (exact) mass is 621 g/mol. The first-order valence-electron chi connectivity index (χ1n) is 10.0. The van der Waals surface area contributed by atoms with Crippen molar-refractivity contribution in [3.8, 4) is 0 Å². The smallest absolute Gasteiger partial charge is 0.402 e. The lowest BCUT2D eigenvalue weighted by Crippen LogP contribution is -2.07. The van der Waals surface area contributed by atoms with E-state index in [0.717, 1.165) is 0 Å². The van der Waals surface area contributed by atoms with Crippen molar-refractivity contribution >= 4 is 29.3 Å². The van der Waals surface area contributed by atoms with Gasteiger partial charge in [-0.25, -0.2) is 0 Å². The Morgan fingerprint density at radius 2 is 0.175 bits per heavy atom. The molecular weight excluding hydrogens is 547 g/mol. The second-order valence-corrected chi connectivity index (χ2v) is 1.39. The summed E-state index contributed by atoms with van der Waals surface area (Å²) in [5, 5.41) is 86.0. The summed E-state index contributed by atoms with van der Waals surface area (Å²) in [6.45, 7) is 0. The first-order chi connectivity index (χ1) is 18.9. The van der Waals surface area contributed by atoms with Crippen LogP contribution in [0.3, 0.4) is 0 Å². The summed E-state index contributed by atoms with van der Waals surface area (Å²) in [5.41, 5.74) is 54.0. The molecule has 28 heteroatoms. The van der Waals surface area contributed by atoms with Gasteiger partial charge in [0.2, 0.25) is 0 Å². The van der Waals surface area contributed by atoms with Crippen LogP contribution in [-0.2, 0) is 0 Å². The molecule has 0 amide bonds. The van der Waals surface area contributed by atoms with E-state index in [1.54, 1.807) is 0 Å². The minimum absolute atomic E-state index is 1.50. The second kappa shape index (κ2) is 417. The molecule has 264 valence electrons. The number of hydrogen-bond acceptors (Lipinski definition) is 24. The van der Waals surface area contributed by atoms with E-state index in [0.29, 0.717) is 0 Å². The molecule has 40 heavy (non-hydrogen) atoms. The fraction of sp³-hybridized carbons (Fsp3) is 1.00. The van der Waals surface area contributed by atoms with Gasteiger partial charge in [0.1, 0.15) is 0 Å². The molecule has 0 radical (unpaired) electrons. The zero-order chi connectivity index (χ0) is 38.3. The predicted octanol–water partition coefficient (Wildman–Crippen LogP) is -13.3. The molecule has 0 fully saturated rings. The Morgan fingerprint density at radius 3 is 0.175 bits per heavy atom. The highest BCUT2D eigenvalue weighted by molar-refractivity contribution is 6.31. The molecule has 0 aliphatic rings. The summed E-state index contributed by atoms with van der Waals surface area (Å²) in [7, 11) is 9.33. The Balaban J connectivity index is -0.0000000111. The predicted molar refractivity (Wildman–Crippen MR) is 171 cm³/mol. The van der Waals surface area contributed by atoms with Gasteiger partial charge in [0.15, 0.2) is 0 Å². The summed E-state index contributed by atoms with van der Waals surface area (Å²) < 4.78 is 0. The third kappa shape index (κ3) is 100000. The molecule has 0 aromatic rings. The maximum absolute atomic E-state index is 7.17. The Hall–Kier alpha value is -0.700. The van der Waals surface area contributed by atoms with Crippen molar-refractivity contribution in [3.05, 3.63) is 0 Å². The van der Waals surface area contributed by atoms with Gasteiger partial charge < -0.3 is 129 Å². The third-order valence-electron chi connectivity index (χ3n) is 0. The second-order valence-electron chi connectivity index (χ2n) is 1.39. The molecule has 0 aliphatic heterocycles. The maximum atomic E-state index is 7.17. The lowest BCUT2D eigenvalue weighted by molar-refractivity contribution is 0.276. The molecule has 0 saturated carbocycles. The van der Waals surface area contributed by atoms with Crippen LogP contribution in [0.5, 0.6) is 0 Å². The average molecular weight is 620 g/mol.